The molecule has 0 spiro atoms. The fraction of sp³-hybridized carbons (Fsp3) is 0.0714. The van der Waals surface area contributed by atoms with Gasteiger partial charge in [0.25, 0.3) is 0 Å². The monoisotopic (exact) mass is 338 g/mol. The van der Waals surface area contributed by atoms with E-state index >= 15 is 0 Å². The third kappa shape index (κ3) is 3.18. The second-order valence-corrected chi connectivity index (χ2v) is 5.47. The molecule has 0 fully saturated rings. The number of nitrogens with zero attached hydrogens (tertiary/aromatic N) is 3. The molecular weight excluding hydrogens is 331 g/mol. The largest absolute Gasteiger partial charge is 0.364 e. The number of aromatic nitrogens is 3. The van der Waals surface area contributed by atoms with Crippen molar-refractivity contribution in [3.63, 3.8) is 0 Å². The molecule has 0 amide bonds. The van der Waals surface area contributed by atoms with Gasteiger partial charge >= 0.3 is 0 Å². The van der Waals surface area contributed by atoms with Gasteiger partial charge in [-0.2, -0.15) is 4.98 Å². The standard InChI is InChI=1S/C14H9Cl3N4/c15-9-4-3-8(6-10(9)16)7-19-13-12-11(2-1-5-18-12)20-14(17)21-13/h1-6H,7H2,(H,19,20,21). The van der Waals surface area contributed by atoms with Crippen LogP contribution in [-0.4, -0.2) is 15.0 Å². The van der Waals surface area contributed by atoms with Crippen molar-refractivity contribution in [1.82, 2.24) is 15.0 Å². The molecule has 7 heteroatoms. The van der Waals surface area contributed by atoms with Crippen LogP contribution in [0.5, 0.6) is 0 Å². The highest BCUT2D eigenvalue weighted by Gasteiger charge is 2.07. The Morgan fingerprint density at radius 1 is 1.00 bits per heavy atom. The second kappa shape index (κ2) is 6.02. The number of fused-ring (bicyclic) bond motifs is 1. The fourth-order valence-corrected chi connectivity index (χ4v) is 2.39. The summed E-state index contributed by atoms with van der Waals surface area (Å²) in [5, 5.41) is 4.40. The van der Waals surface area contributed by atoms with Gasteiger partial charge in [0, 0.05) is 12.7 Å². The average Bonchev–Trinajstić information content (AvgIpc) is 2.48. The van der Waals surface area contributed by atoms with E-state index in [1.54, 1.807) is 24.4 Å². The van der Waals surface area contributed by atoms with Gasteiger partial charge in [-0.05, 0) is 41.4 Å². The Morgan fingerprint density at radius 3 is 2.67 bits per heavy atom. The van der Waals surface area contributed by atoms with Gasteiger partial charge in [-0.15, -0.1) is 0 Å². The van der Waals surface area contributed by atoms with Gasteiger partial charge < -0.3 is 5.32 Å². The van der Waals surface area contributed by atoms with Crippen molar-refractivity contribution in [2.45, 2.75) is 6.54 Å². The molecule has 0 radical (unpaired) electrons. The van der Waals surface area contributed by atoms with Crippen LogP contribution in [0, 0.1) is 0 Å². The van der Waals surface area contributed by atoms with Crippen LogP contribution >= 0.6 is 34.8 Å². The zero-order valence-electron chi connectivity index (χ0n) is 10.6. The summed E-state index contributed by atoms with van der Waals surface area (Å²) >= 11 is 17.8. The molecule has 0 unspecified atom stereocenters. The molecule has 4 nitrogen and oxygen atoms in total. The minimum atomic E-state index is 0.173. The van der Waals surface area contributed by atoms with Crippen molar-refractivity contribution in [3.8, 4) is 0 Å². The Hall–Kier alpha value is -1.62. The number of anilines is 1. The van der Waals surface area contributed by atoms with E-state index < -0.39 is 0 Å². The van der Waals surface area contributed by atoms with Gasteiger partial charge in [0.2, 0.25) is 5.28 Å². The third-order valence-corrected chi connectivity index (χ3v) is 3.78. The number of benzene rings is 1. The van der Waals surface area contributed by atoms with E-state index in [1.165, 1.54) is 0 Å². The number of nitrogens with one attached hydrogen (secondary N) is 1. The molecule has 21 heavy (non-hydrogen) atoms. The van der Waals surface area contributed by atoms with Crippen LogP contribution in [0.25, 0.3) is 11.0 Å². The van der Waals surface area contributed by atoms with Crippen LogP contribution in [0.2, 0.25) is 15.3 Å². The molecule has 1 aromatic carbocycles. The molecule has 3 rings (SSSR count). The van der Waals surface area contributed by atoms with Crippen LogP contribution in [-0.2, 0) is 6.54 Å². The van der Waals surface area contributed by atoms with E-state index in [0.717, 1.165) is 5.56 Å². The Labute approximate surface area is 136 Å². The van der Waals surface area contributed by atoms with E-state index in [2.05, 4.69) is 20.3 Å². The minimum Gasteiger partial charge on any atom is -0.364 e. The Balaban J connectivity index is 1.89. The number of pyridine rings is 1. The van der Waals surface area contributed by atoms with Crippen molar-refractivity contribution in [2.75, 3.05) is 5.32 Å². The molecule has 1 N–H and O–H groups in total. The summed E-state index contributed by atoms with van der Waals surface area (Å²) in [4.78, 5) is 12.6. The van der Waals surface area contributed by atoms with Crippen LogP contribution in [0.3, 0.4) is 0 Å². The lowest BCUT2D eigenvalue weighted by atomic mass is 10.2. The molecule has 0 saturated heterocycles. The lowest BCUT2D eigenvalue weighted by Gasteiger charge is -2.09. The Kier molecular flexibility index (Phi) is 4.10. The van der Waals surface area contributed by atoms with E-state index in [9.17, 15) is 0 Å². The first kappa shape index (κ1) is 14.3. The lowest BCUT2D eigenvalue weighted by molar-refractivity contribution is 1.09. The summed E-state index contributed by atoms with van der Waals surface area (Å²) in [6, 6.07) is 9.08. The van der Waals surface area contributed by atoms with E-state index in [4.69, 9.17) is 34.8 Å². The summed E-state index contributed by atoms with van der Waals surface area (Å²) < 4.78 is 0. The van der Waals surface area contributed by atoms with Gasteiger partial charge in [0.1, 0.15) is 5.52 Å². The molecule has 0 aliphatic carbocycles. The maximum atomic E-state index is 6.00. The Morgan fingerprint density at radius 2 is 1.86 bits per heavy atom. The second-order valence-electron chi connectivity index (χ2n) is 4.31. The summed E-state index contributed by atoms with van der Waals surface area (Å²) in [7, 11) is 0. The van der Waals surface area contributed by atoms with E-state index in [0.29, 0.717) is 33.4 Å². The van der Waals surface area contributed by atoms with Gasteiger partial charge in [0.05, 0.1) is 15.6 Å². The van der Waals surface area contributed by atoms with Crippen molar-refractivity contribution >= 4 is 51.7 Å². The average molecular weight is 340 g/mol. The fourth-order valence-electron chi connectivity index (χ4n) is 1.90. The van der Waals surface area contributed by atoms with E-state index in [-0.39, 0.29) is 5.28 Å². The number of rotatable bonds is 3. The first-order valence-corrected chi connectivity index (χ1v) is 7.23. The van der Waals surface area contributed by atoms with Crippen molar-refractivity contribution < 1.29 is 0 Å². The highest BCUT2D eigenvalue weighted by atomic mass is 35.5. The van der Waals surface area contributed by atoms with Crippen LogP contribution in [0.1, 0.15) is 5.56 Å². The van der Waals surface area contributed by atoms with Gasteiger partial charge in [-0.25, -0.2) is 4.98 Å². The summed E-state index contributed by atoms with van der Waals surface area (Å²) in [5.41, 5.74) is 2.33. The molecular formula is C14H9Cl3N4. The van der Waals surface area contributed by atoms with Gasteiger partial charge in [-0.1, -0.05) is 29.3 Å². The zero-order chi connectivity index (χ0) is 14.8. The molecule has 0 saturated carbocycles. The predicted octanol–water partition coefficient (Wildman–Crippen LogP) is 4.60. The first-order chi connectivity index (χ1) is 10.1. The number of halogens is 3. The molecule has 3 aromatic rings. The maximum Gasteiger partial charge on any atom is 0.225 e. The van der Waals surface area contributed by atoms with Gasteiger partial charge in [-0.3, -0.25) is 4.98 Å². The SMILES string of the molecule is Clc1nc(NCc2ccc(Cl)c(Cl)c2)c2ncccc2n1. The van der Waals surface area contributed by atoms with Crippen molar-refractivity contribution in [2.24, 2.45) is 0 Å². The van der Waals surface area contributed by atoms with Crippen LogP contribution in [0.15, 0.2) is 36.5 Å². The topological polar surface area (TPSA) is 50.7 Å². The quantitative estimate of drug-likeness (QED) is 0.709. The van der Waals surface area contributed by atoms with Crippen LogP contribution < -0.4 is 5.32 Å². The molecule has 106 valence electrons. The highest BCUT2D eigenvalue weighted by molar-refractivity contribution is 6.42. The number of hydrogen-bond acceptors (Lipinski definition) is 4. The smallest absolute Gasteiger partial charge is 0.225 e. The summed E-state index contributed by atoms with van der Waals surface area (Å²) in [6.07, 6.45) is 1.68. The molecule has 0 aliphatic heterocycles. The molecule has 2 aromatic heterocycles. The van der Waals surface area contributed by atoms with Crippen molar-refractivity contribution in [1.29, 1.82) is 0 Å². The molecule has 0 aliphatic rings. The maximum absolute atomic E-state index is 6.00. The Bertz CT molecular complexity index is 807. The lowest BCUT2D eigenvalue weighted by Crippen LogP contribution is -2.04. The third-order valence-electron chi connectivity index (χ3n) is 2.87. The van der Waals surface area contributed by atoms with Crippen LogP contribution in [0.4, 0.5) is 5.82 Å². The molecule has 0 atom stereocenters. The van der Waals surface area contributed by atoms with Gasteiger partial charge in [0.15, 0.2) is 5.82 Å². The predicted molar refractivity (Wildman–Crippen MR) is 86.1 cm³/mol. The van der Waals surface area contributed by atoms with Crippen molar-refractivity contribution in [3.05, 3.63) is 57.4 Å². The molecule has 0 bridgehead atoms. The minimum absolute atomic E-state index is 0.173. The highest BCUT2D eigenvalue weighted by Crippen LogP contribution is 2.24. The normalized spacial score (nSPS) is 10.8. The first-order valence-electron chi connectivity index (χ1n) is 6.09. The van der Waals surface area contributed by atoms with E-state index in [1.807, 2.05) is 12.1 Å². The summed E-state index contributed by atoms with van der Waals surface area (Å²) in [5.74, 6) is 0.580. The molecule has 2 heterocycles. The summed E-state index contributed by atoms with van der Waals surface area (Å²) in [6.45, 7) is 0.524. The number of hydrogen-bond donors (Lipinski definition) is 1. The zero-order valence-corrected chi connectivity index (χ0v) is 12.9.